The Balaban J connectivity index is 2.21. The summed E-state index contributed by atoms with van der Waals surface area (Å²) in [6, 6.07) is 6.02. The van der Waals surface area contributed by atoms with Gasteiger partial charge in [-0.25, -0.2) is 0 Å². The van der Waals surface area contributed by atoms with Crippen molar-refractivity contribution in [3.8, 4) is 0 Å². The average Bonchev–Trinajstić information content (AvgIpc) is 2.91. The molecule has 16 heavy (non-hydrogen) atoms. The van der Waals surface area contributed by atoms with E-state index in [2.05, 4.69) is 12.2 Å². The molecule has 0 amide bonds. The molecule has 2 aromatic rings. The molecule has 0 aliphatic rings. The topological polar surface area (TPSA) is 38.3 Å². The Bertz CT molecular complexity index is 417. The van der Waals surface area contributed by atoms with Gasteiger partial charge in [0.2, 0.25) is 0 Å². The van der Waals surface area contributed by atoms with Crippen molar-refractivity contribution >= 4 is 0 Å². The summed E-state index contributed by atoms with van der Waals surface area (Å²) in [5.74, 6) is 1.85. The molecule has 0 spiro atoms. The molecule has 2 aromatic heterocycles. The number of aryl methyl sites for hydroxylation is 1. The van der Waals surface area contributed by atoms with Gasteiger partial charge in [0.25, 0.3) is 0 Å². The molecular weight excluding hydrogens is 202 g/mol. The second-order valence-electron chi connectivity index (χ2n) is 3.89. The molecule has 0 saturated heterocycles. The Morgan fingerprint density at radius 2 is 2.25 bits per heavy atom. The van der Waals surface area contributed by atoms with E-state index in [9.17, 15) is 0 Å². The summed E-state index contributed by atoms with van der Waals surface area (Å²) in [5.41, 5.74) is 1.11. The van der Waals surface area contributed by atoms with E-state index >= 15 is 0 Å². The molecule has 0 radical (unpaired) electrons. The minimum Gasteiger partial charge on any atom is -0.469 e. The molecule has 3 heteroatoms. The zero-order chi connectivity index (χ0) is 11.4. The molecular formula is C13H17NO2. The van der Waals surface area contributed by atoms with Gasteiger partial charge < -0.3 is 14.2 Å². The van der Waals surface area contributed by atoms with Gasteiger partial charge in [-0.2, -0.15) is 0 Å². The number of hydrogen-bond acceptors (Lipinski definition) is 3. The first-order valence-corrected chi connectivity index (χ1v) is 5.63. The Labute approximate surface area is 95.5 Å². The first kappa shape index (κ1) is 11.0. The van der Waals surface area contributed by atoms with Crippen molar-refractivity contribution in [1.29, 1.82) is 0 Å². The third-order valence-electron chi connectivity index (χ3n) is 2.51. The number of hydrogen-bond donors (Lipinski definition) is 1. The molecule has 0 bridgehead atoms. The van der Waals surface area contributed by atoms with E-state index in [1.54, 1.807) is 12.5 Å². The van der Waals surface area contributed by atoms with Crippen LogP contribution in [0.15, 0.2) is 39.6 Å². The maximum Gasteiger partial charge on any atom is 0.125 e. The molecule has 2 heterocycles. The van der Waals surface area contributed by atoms with Crippen LogP contribution in [0.4, 0.5) is 0 Å². The molecule has 1 N–H and O–H groups in total. The van der Waals surface area contributed by atoms with Gasteiger partial charge >= 0.3 is 0 Å². The first-order valence-electron chi connectivity index (χ1n) is 5.63. The molecule has 0 aliphatic carbocycles. The lowest BCUT2D eigenvalue weighted by molar-refractivity contribution is 0.443. The fraction of sp³-hybridized carbons (Fsp3) is 0.385. The van der Waals surface area contributed by atoms with Gasteiger partial charge in [0.1, 0.15) is 11.5 Å². The Hall–Kier alpha value is -1.48. The summed E-state index contributed by atoms with van der Waals surface area (Å²) < 4.78 is 10.8. The molecule has 3 nitrogen and oxygen atoms in total. The predicted molar refractivity (Wildman–Crippen MR) is 62.3 cm³/mol. The molecule has 0 aromatic carbocycles. The van der Waals surface area contributed by atoms with Crippen LogP contribution in [-0.2, 0) is 0 Å². The molecule has 0 saturated carbocycles. The smallest absolute Gasteiger partial charge is 0.125 e. The Morgan fingerprint density at radius 3 is 2.81 bits per heavy atom. The average molecular weight is 219 g/mol. The zero-order valence-electron chi connectivity index (χ0n) is 9.69. The lowest BCUT2D eigenvalue weighted by atomic mass is 10.1. The SMILES string of the molecule is CCCNC(c1coc(C)c1)c1ccco1. The highest BCUT2D eigenvalue weighted by Crippen LogP contribution is 2.24. The van der Waals surface area contributed by atoms with Gasteiger partial charge in [0, 0.05) is 5.56 Å². The van der Waals surface area contributed by atoms with Crippen LogP contribution in [0, 0.1) is 6.92 Å². The van der Waals surface area contributed by atoms with E-state index in [-0.39, 0.29) is 6.04 Å². The van der Waals surface area contributed by atoms with Crippen LogP contribution in [0.25, 0.3) is 0 Å². The van der Waals surface area contributed by atoms with Gasteiger partial charge in [-0.05, 0) is 38.1 Å². The van der Waals surface area contributed by atoms with Crippen LogP contribution in [0.1, 0.15) is 36.5 Å². The van der Waals surface area contributed by atoms with E-state index in [1.165, 1.54) is 0 Å². The van der Waals surface area contributed by atoms with Crippen LogP contribution >= 0.6 is 0 Å². The maximum atomic E-state index is 5.45. The highest BCUT2D eigenvalue weighted by atomic mass is 16.3. The zero-order valence-corrected chi connectivity index (χ0v) is 9.69. The van der Waals surface area contributed by atoms with Gasteiger partial charge in [-0.15, -0.1) is 0 Å². The van der Waals surface area contributed by atoms with Gasteiger partial charge in [-0.1, -0.05) is 6.92 Å². The molecule has 2 rings (SSSR count). The first-order chi connectivity index (χ1) is 7.81. The monoisotopic (exact) mass is 219 g/mol. The molecule has 1 atom stereocenters. The number of nitrogens with one attached hydrogen (secondary N) is 1. The van der Waals surface area contributed by atoms with Gasteiger partial charge in [0.05, 0.1) is 18.6 Å². The van der Waals surface area contributed by atoms with Crippen LogP contribution in [0.2, 0.25) is 0 Å². The predicted octanol–water partition coefficient (Wildman–Crippen LogP) is 3.27. The number of rotatable bonds is 5. The van der Waals surface area contributed by atoms with Crippen molar-refractivity contribution in [2.75, 3.05) is 6.54 Å². The van der Waals surface area contributed by atoms with E-state index in [4.69, 9.17) is 8.83 Å². The summed E-state index contributed by atoms with van der Waals surface area (Å²) >= 11 is 0. The van der Waals surface area contributed by atoms with E-state index < -0.39 is 0 Å². The van der Waals surface area contributed by atoms with Crippen LogP contribution in [0.5, 0.6) is 0 Å². The third kappa shape index (κ3) is 2.36. The summed E-state index contributed by atoms with van der Waals surface area (Å²) in [5, 5.41) is 3.45. The van der Waals surface area contributed by atoms with Crippen LogP contribution < -0.4 is 5.32 Å². The van der Waals surface area contributed by atoms with Crippen molar-refractivity contribution in [2.45, 2.75) is 26.3 Å². The lowest BCUT2D eigenvalue weighted by Crippen LogP contribution is -2.22. The molecule has 86 valence electrons. The summed E-state index contributed by atoms with van der Waals surface area (Å²) in [7, 11) is 0. The van der Waals surface area contributed by atoms with Crippen molar-refractivity contribution in [3.05, 3.63) is 47.8 Å². The largest absolute Gasteiger partial charge is 0.469 e. The fourth-order valence-corrected chi connectivity index (χ4v) is 1.74. The summed E-state index contributed by atoms with van der Waals surface area (Å²) in [6.07, 6.45) is 4.57. The highest BCUT2D eigenvalue weighted by Gasteiger charge is 2.17. The van der Waals surface area contributed by atoms with E-state index in [1.807, 2.05) is 25.1 Å². The van der Waals surface area contributed by atoms with E-state index in [0.717, 1.165) is 30.0 Å². The Morgan fingerprint density at radius 1 is 1.38 bits per heavy atom. The normalized spacial score (nSPS) is 12.9. The van der Waals surface area contributed by atoms with Crippen molar-refractivity contribution in [3.63, 3.8) is 0 Å². The number of furan rings is 2. The van der Waals surface area contributed by atoms with Crippen molar-refractivity contribution < 1.29 is 8.83 Å². The maximum absolute atomic E-state index is 5.45. The van der Waals surface area contributed by atoms with Crippen LogP contribution in [0.3, 0.4) is 0 Å². The molecule has 0 fully saturated rings. The van der Waals surface area contributed by atoms with Gasteiger partial charge in [-0.3, -0.25) is 0 Å². The molecule has 1 unspecified atom stereocenters. The highest BCUT2D eigenvalue weighted by molar-refractivity contribution is 5.24. The quantitative estimate of drug-likeness (QED) is 0.838. The van der Waals surface area contributed by atoms with Gasteiger partial charge in [0.15, 0.2) is 0 Å². The second kappa shape index (κ2) is 5.03. The minimum atomic E-state index is 0.0902. The summed E-state index contributed by atoms with van der Waals surface area (Å²) in [4.78, 5) is 0. The third-order valence-corrected chi connectivity index (χ3v) is 2.51. The van der Waals surface area contributed by atoms with E-state index in [0.29, 0.717) is 0 Å². The standard InChI is InChI=1S/C13H17NO2/c1-3-6-14-13(12-5-4-7-15-12)11-8-10(2)16-9-11/h4-5,7-9,13-14H,3,6H2,1-2H3. The minimum absolute atomic E-state index is 0.0902. The van der Waals surface area contributed by atoms with Crippen LogP contribution in [-0.4, -0.2) is 6.54 Å². The Kier molecular flexibility index (Phi) is 3.47. The fourth-order valence-electron chi connectivity index (χ4n) is 1.74. The van der Waals surface area contributed by atoms with Crippen molar-refractivity contribution in [2.24, 2.45) is 0 Å². The summed E-state index contributed by atoms with van der Waals surface area (Å²) in [6.45, 7) is 5.05. The lowest BCUT2D eigenvalue weighted by Gasteiger charge is -2.14. The second-order valence-corrected chi connectivity index (χ2v) is 3.89. The molecule has 0 aliphatic heterocycles. The van der Waals surface area contributed by atoms with Crippen molar-refractivity contribution in [1.82, 2.24) is 5.32 Å².